The third-order valence-corrected chi connectivity index (χ3v) is 5.05. The molecule has 3 atom stereocenters. The molecule has 1 aromatic heterocycles. The fourth-order valence-corrected chi connectivity index (χ4v) is 3.87. The summed E-state index contributed by atoms with van der Waals surface area (Å²) < 4.78 is 39.6. The number of rotatable bonds is 4. The summed E-state index contributed by atoms with van der Waals surface area (Å²) in [6.07, 6.45) is -1.00. The van der Waals surface area contributed by atoms with Crippen molar-refractivity contribution in [2.24, 2.45) is 11.8 Å². The van der Waals surface area contributed by atoms with Gasteiger partial charge in [0.2, 0.25) is 0 Å². The van der Waals surface area contributed by atoms with Gasteiger partial charge in [0.25, 0.3) is 0 Å². The number of hydrogen-bond donors (Lipinski definition) is 1. The Morgan fingerprint density at radius 3 is 2.65 bits per heavy atom. The van der Waals surface area contributed by atoms with E-state index in [-0.39, 0.29) is 18.4 Å². The lowest BCUT2D eigenvalue weighted by atomic mass is 9.74. The van der Waals surface area contributed by atoms with Gasteiger partial charge in [-0.05, 0) is 32.7 Å². The molecule has 0 radical (unpaired) electrons. The molecule has 114 valence electrons. The molecule has 1 fully saturated rings. The first kappa shape index (κ1) is 15.8. The Labute approximate surface area is 121 Å². The van der Waals surface area contributed by atoms with Gasteiger partial charge in [-0.15, -0.1) is 11.3 Å². The normalized spacial score (nSPS) is 25.6. The van der Waals surface area contributed by atoms with E-state index in [1.54, 1.807) is 18.4 Å². The highest BCUT2D eigenvalue weighted by atomic mass is 32.1. The van der Waals surface area contributed by atoms with Gasteiger partial charge in [0.1, 0.15) is 0 Å². The van der Waals surface area contributed by atoms with Crippen LogP contribution in [0.4, 0.5) is 13.2 Å². The molecule has 6 heteroatoms. The molecular formula is C14H21F3N2S. The molecule has 0 spiro atoms. The fraction of sp³-hybridized carbons (Fsp3) is 0.786. The lowest BCUT2D eigenvalue weighted by Crippen LogP contribution is -2.45. The molecule has 1 aliphatic carbocycles. The second-order valence-electron chi connectivity index (χ2n) is 5.55. The number of nitrogens with one attached hydrogen (secondary N) is 1. The van der Waals surface area contributed by atoms with Gasteiger partial charge < -0.3 is 5.32 Å². The summed E-state index contributed by atoms with van der Waals surface area (Å²) in [6, 6.07) is -0.150. The van der Waals surface area contributed by atoms with E-state index < -0.39 is 12.1 Å². The van der Waals surface area contributed by atoms with Crippen LogP contribution in [0.25, 0.3) is 0 Å². The highest BCUT2D eigenvalue weighted by Gasteiger charge is 2.47. The molecule has 1 aliphatic rings. The summed E-state index contributed by atoms with van der Waals surface area (Å²) >= 11 is 1.55. The predicted molar refractivity (Wildman–Crippen MR) is 74.9 cm³/mol. The molecule has 20 heavy (non-hydrogen) atoms. The number of likely N-dealkylation sites (N-methyl/N-ethyl adjacent to an activating group) is 1. The Morgan fingerprint density at radius 2 is 2.10 bits per heavy atom. The number of alkyl halides is 3. The van der Waals surface area contributed by atoms with Crippen LogP contribution in [0.5, 0.6) is 0 Å². The Morgan fingerprint density at radius 1 is 1.40 bits per heavy atom. The average Bonchev–Trinajstić information content (AvgIpc) is 2.80. The molecule has 2 nitrogen and oxygen atoms in total. The van der Waals surface area contributed by atoms with Gasteiger partial charge in [-0.3, -0.25) is 0 Å². The highest BCUT2D eigenvalue weighted by Crippen LogP contribution is 2.43. The van der Waals surface area contributed by atoms with E-state index in [4.69, 9.17) is 0 Å². The van der Waals surface area contributed by atoms with Gasteiger partial charge in [0.05, 0.1) is 16.6 Å². The first-order valence-electron chi connectivity index (χ1n) is 7.06. The Bertz CT molecular complexity index is 430. The minimum Gasteiger partial charge on any atom is -0.316 e. The topological polar surface area (TPSA) is 24.9 Å². The van der Waals surface area contributed by atoms with Crippen LogP contribution in [0.2, 0.25) is 0 Å². The first-order chi connectivity index (χ1) is 9.41. The van der Waals surface area contributed by atoms with E-state index in [0.29, 0.717) is 19.3 Å². The maximum Gasteiger partial charge on any atom is 0.392 e. The lowest BCUT2D eigenvalue weighted by Gasteiger charge is -2.38. The molecule has 1 saturated carbocycles. The predicted octanol–water partition coefficient (Wildman–Crippen LogP) is 3.95. The summed E-state index contributed by atoms with van der Waals surface area (Å²) in [5.74, 6) is -1.51. The molecule has 1 heterocycles. The summed E-state index contributed by atoms with van der Waals surface area (Å²) in [6.45, 7) is 1.92. The van der Waals surface area contributed by atoms with Crippen molar-refractivity contribution in [3.8, 4) is 0 Å². The molecular weight excluding hydrogens is 285 g/mol. The van der Waals surface area contributed by atoms with Crippen LogP contribution >= 0.6 is 11.3 Å². The van der Waals surface area contributed by atoms with Crippen LogP contribution in [0.1, 0.15) is 36.4 Å². The molecule has 0 aliphatic heterocycles. The van der Waals surface area contributed by atoms with Crippen LogP contribution in [0.15, 0.2) is 5.38 Å². The van der Waals surface area contributed by atoms with E-state index >= 15 is 0 Å². The fourth-order valence-electron chi connectivity index (χ4n) is 3.24. The van der Waals surface area contributed by atoms with Crippen LogP contribution in [-0.2, 0) is 6.42 Å². The van der Waals surface area contributed by atoms with Crippen molar-refractivity contribution >= 4 is 11.3 Å². The third kappa shape index (κ3) is 3.73. The van der Waals surface area contributed by atoms with E-state index in [2.05, 4.69) is 10.3 Å². The van der Waals surface area contributed by atoms with Crippen molar-refractivity contribution in [3.05, 3.63) is 16.1 Å². The largest absolute Gasteiger partial charge is 0.392 e. The monoisotopic (exact) mass is 306 g/mol. The van der Waals surface area contributed by atoms with E-state index in [1.807, 2.05) is 12.3 Å². The van der Waals surface area contributed by atoms with Crippen molar-refractivity contribution in [2.75, 3.05) is 7.05 Å². The number of aryl methyl sites for hydroxylation is 1. The summed E-state index contributed by atoms with van der Waals surface area (Å²) in [4.78, 5) is 4.38. The molecule has 0 bridgehead atoms. The van der Waals surface area contributed by atoms with E-state index in [1.165, 1.54) is 0 Å². The summed E-state index contributed by atoms with van der Waals surface area (Å²) in [7, 11) is 1.76. The SMILES string of the molecule is CNC(Cc1csc(C)n1)C1CCCCC1C(F)(F)F. The van der Waals surface area contributed by atoms with Crippen molar-refractivity contribution in [2.45, 2.75) is 51.2 Å². The Hall–Kier alpha value is -0.620. The zero-order chi connectivity index (χ0) is 14.8. The molecule has 0 amide bonds. The minimum atomic E-state index is -4.09. The second-order valence-corrected chi connectivity index (χ2v) is 6.62. The summed E-state index contributed by atoms with van der Waals surface area (Å²) in [5.41, 5.74) is 0.901. The van der Waals surface area contributed by atoms with Gasteiger partial charge in [0.15, 0.2) is 0 Å². The maximum atomic E-state index is 13.2. The Balaban J connectivity index is 2.11. The van der Waals surface area contributed by atoms with Crippen LogP contribution in [0, 0.1) is 18.8 Å². The van der Waals surface area contributed by atoms with Gasteiger partial charge in [-0.2, -0.15) is 13.2 Å². The van der Waals surface area contributed by atoms with Crippen LogP contribution < -0.4 is 5.32 Å². The van der Waals surface area contributed by atoms with Gasteiger partial charge in [-0.25, -0.2) is 4.98 Å². The quantitative estimate of drug-likeness (QED) is 0.911. The van der Waals surface area contributed by atoms with Gasteiger partial charge in [0, 0.05) is 17.8 Å². The molecule has 1 N–H and O–H groups in total. The lowest BCUT2D eigenvalue weighted by molar-refractivity contribution is -0.199. The van der Waals surface area contributed by atoms with Crippen molar-refractivity contribution in [1.82, 2.24) is 10.3 Å². The van der Waals surface area contributed by atoms with Crippen molar-refractivity contribution < 1.29 is 13.2 Å². The molecule has 0 saturated heterocycles. The highest BCUT2D eigenvalue weighted by molar-refractivity contribution is 7.09. The maximum absolute atomic E-state index is 13.2. The minimum absolute atomic E-state index is 0.150. The van der Waals surface area contributed by atoms with E-state index in [9.17, 15) is 13.2 Å². The molecule has 1 aromatic rings. The zero-order valence-corrected chi connectivity index (χ0v) is 12.7. The first-order valence-corrected chi connectivity index (χ1v) is 7.94. The Kier molecular flexibility index (Phi) is 5.07. The molecule has 0 aromatic carbocycles. The van der Waals surface area contributed by atoms with Crippen molar-refractivity contribution in [1.29, 1.82) is 0 Å². The van der Waals surface area contributed by atoms with Crippen molar-refractivity contribution in [3.63, 3.8) is 0 Å². The average molecular weight is 306 g/mol. The zero-order valence-electron chi connectivity index (χ0n) is 11.8. The smallest absolute Gasteiger partial charge is 0.316 e. The number of thiazole rings is 1. The molecule has 2 rings (SSSR count). The number of hydrogen-bond acceptors (Lipinski definition) is 3. The second kappa shape index (κ2) is 6.43. The standard InChI is InChI=1S/C14H21F3N2S/c1-9-19-10(8-20-9)7-13(18-2)11-5-3-4-6-12(11)14(15,16)17/h8,11-13,18H,3-7H2,1-2H3. The molecule has 3 unspecified atom stereocenters. The number of nitrogens with zero attached hydrogens (tertiary/aromatic N) is 1. The van der Waals surface area contributed by atoms with Crippen LogP contribution in [0.3, 0.4) is 0 Å². The van der Waals surface area contributed by atoms with Gasteiger partial charge in [-0.1, -0.05) is 12.8 Å². The van der Waals surface area contributed by atoms with E-state index in [0.717, 1.165) is 17.1 Å². The van der Waals surface area contributed by atoms with Gasteiger partial charge >= 0.3 is 6.18 Å². The summed E-state index contributed by atoms with van der Waals surface area (Å²) in [5, 5.41) is 6.01. The van der Waals surface area contributed by atoms with Crippen LogP contribution in [-0.4, -0.2) is 24.2 Å². The number of aromatic nitrogens is 1. The third-order valence-electron chi connectivity index (χ3n) is 4.22. The number of halogens is 3.